The number of benzene rings is 1. The van der Waals surface area contributed by atoms with E-state index in [1.807, 2.05) is 23.1 Å². The molecule has 0 unspecified atom stereocenters. The largest absolute Gasteiger partial charge is 0.481 e. The number of carbonyl (C=O) groups is 2. The number of carboxylic acids is 1. The average Bonchev–Trinajstić information content (AvgIpc) is 2.48. The molecule has 20 heavy (non-hydrogen) atoms. The highest BCUT2D eigenvalue weighted by Crippen LogP contribution is 2.16. The van der Waals surface area contributed by atoms with E-state index in [1.165, 1.54) is 5.69 Å². The lowest BCUT2D eigenvalue weighted by atomic mass is 10.2. The standard InChI is InChI=1S/C14H18N2O3S/c17-13(10-20-11-14(18)19)16-8-6-15(7-9-16)12-4-2-1-3-5-12/h1-5H,6-11H2,(H,18,19). The van der Waals surface area contributed by atoms with Crippen LogP contribution in [-0.4, -0.2) is 59.6 Å². The molecule has 6 heteroatoms. The second-order valence-electron chi connectivity index (χ2n) is 4.59. The molecule has 0 spiro atoms. The number of carboxylic acid groups (broad SMARTS) is 1. The minimum atomic E-state index is -0.878. The van der Waals surface area contributed by atoms with Crippen LogP contribution >= 0.6 is 11.8 Å². The fourth-order valence-electron chi connectivity index (χ4n) is 2.17. The van der Waals surface area contributed by atoms with Gasteiger partial charge in [-0.25, -0.2) is 0 Å². The number of aliphatic carboxylic acids is 1. The van der Waals surface area contributed by atoms with E-state index in [4.69, 9.17) is 5.11 Å². The Morgan fingerprint density at radius 2 is 1.70 bits per heavy atom. The van der Waals surface area contributed by atoms with Gasteiger partial charge in [-0.2, -0.15) is 0 Å². The Morgan fingerprint density at radius 1 is 1.05 bits per heavy atom. The Morgan fingerprint density at radius 3 is 2.30 bits per heavy atom. The first-order valence-corrected chi connectivity index (χ1v) is 7.69. The lowest BCUT2D eigenvalue weighted by Crippen LogP contribution is -2.49. The van der Waals surface area contributed by atoms with Crippen molar-refractivity contribution in [3.05, 3.63) is 30.3 Å². The van der Waals surface area contributed by atoms with Gasteiger partial charge >= 0.3 is 5.97 Å². The Bertz CT molecular complexity index is 459. The molecule has 1 amide bonds. The Kier molecular flexibility index (Phi) is 5.29. The molecule has 0 atom stereocenters. The first kappa shape index (κ1) is 14.7. The smallest absolute Gasteiger partial charge is 0.313 e. The number of para-hydroxylation sites is 1. The zero-order valence-electron chi connectivity index (χ0n) is 11.2. The van der Waals surface area contributed by atoms with Gasteiger partial charge in [0.15, 0.2) is 0 Å². The molecule has 1 aromatic carbocycles. The van der Waals surface area contributed by atoms with Gasteiger partial charge in [0, 0.05) is 31.9 Å². The number of nitrogens with zero attached hydrogens (tertiary/aromatic N) is 2. The summed E-state index contributed by atoms with van der Waals surface area (Å²) >= 11 is 1.16. The van der Waals surface area contributed by atoms with E-state index in [-0.39, 0.29) is 17.4 Å². The molecule has 0 aliphatic carbocycles. The maximum absolute atomic E-state index is 11.9. The summed E-state index contributed by atoms with van der Waals surface area (Å²) in [5.74, 6) is -0.617. The molecule has 1 aliphatic heterocycles. The number of hydrogen-bond donors (Lipinski definition) is 1. The van der Waals surface area contributed by atoms with Crippen molar-refractivity contribution in [1.29, 1.82) is 0 Å². The third-order valence-electron chi connectivity index (χ3n) is 3.20. The molecular formula is C14H18N2O3S. The van der Waals surface area contributed by atoms with Crippen LogP contribution in [0.4, 0.5) is 5.69 Å². The number of amides is 1. The summed E-state index contributed by atoms with van der Waals surface area (Å²) in [5, 5.41) is 8.55. The average molecular weight is 294 g/mol. The molecule has 1 heterocycles. The summed E-state index contributed by atoms with van der Waals surface area (Å²) in [6, 6.07) is 10.1. The first-order chi connectivity index (χ1) is 9.66. The second kappa shape index (κ2) is 7.19. The van der Waals surface area contributed by atoms with Crippen LogP contribution in [0, 0.1) is 0 Å². The normalized spacial score (nSPS) is 15.2. The van der Waals surface area contributed by atoms with Crippen molar-refractivity contribution in [3.63, 3.8) is 0 Å². The number of thioether (sulfide) groups is 1. The van der Waals surface area contributed by atoms with Crippen LogP contribution < -0.4 is 4.90 Å². The number of carbonyl (C=O) groups excluding carboxylic acids is 1. The second-order valence-corrected chi connectivity index (χ2v) is 5.58. The summed E-state index contributed by atoms with van der Waals surface area (Å²) in [5.41, 5.74) is 1.18. The minimum Gasteiger partial charge on any atom is -0.481 e. The van der Waals surface area contributed by atoms with Crippen molar-refractivity contribution in [2.75, 3.05) is 42.6 Å². The fourth-order valence-corrected chi connectivity index (χ4v) is 2.80. The molecule has 0 saturated carbocycles. The van der Waals surface area contributed by atoms with Crippen molar-refractivity contribution in [3.8, 4) is 0 Å². The van der Waals surface area contributed by atoms with Crippen LogP contribution in [0.15, 0.2) is 30.3 Å². The van der Waals surface area contributed by atoms with Gasteiger partial charge in [-0.15, -0.1) is 11.8 Å². The first-order valence-electron chi connectivity index (χ1n) is 6.54. The van der Waals surface area contributed by atoms with Crippen molar-refractivity contribution < 1.29 is 14.7 Å². The number of rotatable bonds is 5. The molecule has 5 nitrogen and oxygen atoms in total. The van der Waals surface area contributed by atoms with Gasteiger partial charge in [-0.1, -0.05) is 18.2 Å². The lowest BCUT2D eigenvalue weighted by molar-refractivity contribution is -0.133. The lowest BCUT2D eigenvalue weighted by Gasteiger charge is -2.36. The molecular weight excluding hydrogens is 276 g/mol. The van der Waals surface area contributed by atoms with Gasteiger partial charge in [0.25, 0.3) is 0 Å². The Balaban J connectivity index is 1.76. The maximum atomic E-state index is 11.9. The maximum Gasteiger partial charge on any atom is 0.313 e. The molecule has 0 aromatic heterocycles. The van der Waals surface area contributed by atoms with Crippen LogP contribution in [0.25, 0.3) is 0 Å². The molecule has 2 rings (SSSR count). The summed E-state index contributed by atoms with van der Waals surface area (Å²) < 4.78 is 0. The molecule has 1 aromatic rings. The van der Waals surface area contributed by atoms with E-state index < -0.39 is 5.97 Å². The van der Waals surface area contributed by atoms with E-state index in [0.717, 1.165) is 24.9 Å². The Hall–Kier alpha value is -1.69. The summed E-state index contributed by atoms with van der Waals surface area (Å²) in [4.78, 5) is 26.4. The monoisotopic (exact) mass is 294 g/mol. The van der Waals surface area contributed by atoms with Gasteiger partial charge < -0.3 is 14.9 Å². The highest BCUT2D eigenvalue weighted by molar-refractivity contribution is 8.00. The van der Waals surface area contributed by atoms with Crippen molar-refractivity contribution >= 4 is 29.3 Å². The van der Waals surface area contributed by atoms with E-state index in [1.54, 1.807) is 0 Å². The van der Waals surface area contributed by atoms with E-state index in [9.17, 15) is 9.59 Å². The van der Waals surface area contributed by atoms with Gasteiger partial charge in [0.05, 0.1) is 11.5 Å². The Labute approximate surface area is 122 Å². The van der Waals surface area contributed by atoms with Crippen molar-refractivity contribution in [1.82, 2.24) is 4.90 Å². The van der Waals surface area contributed by atoms with Crippen LogP contribution in [0.2, 0.25) is 0 Å². The molecule has 1 fully saturated rings. The van der Waals surface area contributed by atoms with Crippen LogP contribution in [-0.2, 0) is 9.59 Å². The van der Waals surface area contributed by atoms with Gasteiger partial charge in [-0.05, 0) is 12.1 Å². The van der Waals surface area contributed by atoms with E-state index in [0.29, 0.717) is 13.1 Å². The molecule has 1 N–H and O–H groups in total. The van der Waals surface area contributed by atoms with Gasteiger partial charge in [0.2, 0.25) is 5.91 Å². The zero-order valence-corrected chi connectivity index (χ0v) is 12.0. The molecule has 1 saturated heterocycles. The van der Waals surface area contributed by atoms with E-state index in [2.05, 4.69) is 17.0 Å². The molecule has 0 radical (unpaired) electrons. The summed E-state index contributed by atoms with van der Waals surface area (Å²) in [7, 11) is 0. The molecule has 0 bridgehead atoms. The van der Waals surface area contributed by atoms with E-state index >= 15 is 0 Å². The van der Waals surface area contributed by atoms with Crippen molar-refractivity contribution in [2.45, 2.75) is 0 Å². The molecule has 108 valence electrons. The highest BCUT2D eigenvalue weighted by atomic mass is 32.2. The minimum absolute atomic E-state index is 0.0181. The fraction of sp³-hybridized carbons (Fsp3) is 0.429. The predicted molar refractivity (Wildman–Crippen MR) is 80.2 cm³/mol. The highest BCUT2D eigenvalue weighted by Gasteiger charge is 2.21. The van der Waals surface area contributed by atoms with Crippen molar-refractivity contribution in [2.24, 2.45) is 0 Å². The number of piperazine rings is 1. The summed E-state index contributed by atoms with van der Waals surface area (Å²) in [6.45, 7) is 3.03. The quantitative estimate of drug-likeness (QED) is 0.883. The third-order valence-corrected chi connectivity index (χ3v) is 4.11. The number of anilines is 1. The van der Waals surface area contributed by atoms with Crippen LogP contribution in [0.5, 0.6) is 0 Å². The van der Waals surface area contributed by atoms with Gasteiger partial charge in [-0.3, -0.25) is 9.59 Å². The third kappa shape index (κ3) is 4.16. The van der Waals surface area contributed by atoms with Crippen LogP contribution in [0.3, 0.4) is 0 Å². The molecule has 1 aliphatic rings. The van der Waals surface area contributed by atoms with Gasteiger partial charge in [0.1, 0.15) is 0 Å². The number of hydrogen-bond acceptors (Lipinski definition) is 4. The summed E-state index contributed by atoms with van der Waals surface area (Å²) in [6.07, 6.45) is 0. The SMILES string of the molecule is O=C(O)CSCC(=O)N1CCN(c2ccccc2)CC1. The predicted octanol–water partition coefficient (Wildman–Crippen LogP) is 1.15. The zero-order chi connectivity index (χ0) is 14.4. The van der Waals surface area contributed by atoms with Crippen LogP contribution in [0.1, 0.15) is 0 Å². The topological polar surface area (TPSA) is 60.9 Å².